The fraction of sp³-hybridized carbons (Fsp3) is 0.235. The van der Waals surface area contributed by atoms with E-state index in [1.54, 1.807) is 6.07 Å². The first-order chi connectivity index (χ1) is 10.3. The summed E-state index contributed by atoms with van der Waals surface area (Å²) in [6.45, 7) is 0. The molecule has 1 aromatic carbocycles. The maximum atomic E-state index is 8.96. The van der Waals surface area contributed by atoms with Gasteiger partial charge < -0.3 is 0 Å². The number of nitriles is 1. The summed E-state index contributed by atoms with van der Waals surface area (Å²) >= 11 is 0. The lowest BCUT2D eigenvalue weighted by Gasteiger charge is -2.18. The molecule has 0 amide bonds. The summed E-state index contributed by atoms with van der Waals surface area (Å²) in [5.41, 5.74) is 2.72. The topological polar surface area (TPSA) is 54.5 Å². The molecule has 102 valence electrons. The smallest absolute Gasteiger partial charge is 0.162 e. The third-order valence-electron chi connectivity index (χ3n) is 4.05. The van der Waals surface area contributed by atoms with Crippen molar-refractivity contribution in [1.29, 1.82) is 5.26 Å². The summed E-state index contributed by atoms with van der Waals surface area (Å²) < 4.78 is 1.94. The number of fused-ring (bicyclic) bond motifs is 1. The summed E-state index contributed by atoms with van der Waals surface area (Å²) in [6.07, 6.45) is 6.16. The van der Waals surface area contributed by atoms with Crippen molar-refractivity contribution in [3.05, 3.63) is 60.0 Å². The molecule has 1 fully saturated rings. The van der Waals surface area contributed by atoms with E-state index in [1.807, 2.05) is 23.1 Å². The average Bonchev–Trinajstić information content (AvgIpc) is 3.24. The summed E-state index contributed by atoms with van der Waals surface area (Å²) in [7, 11) is 0. The fourth-order valence-electron chi connectivity index (χ4n) is 2.88. The Morgan fingerprint density at radius 2 is 2.14 bits per heavy atom. The van der Waals surface area contributed by atoms with Crippen LogP contribution in [0.15, 0.2) is 48.8 Å². The van der Waals surface area contributed by atoms with Gasteiger partial charge in [0.2, 0.25) is 0 Å². The van der Waals surface area contributed by atoms with Crippen molar-refractivity contribution >= 4 is 10.9 Å². The molecule has 0 bridgehead atoms. The van der Waals surface area contributed by atoms with Gasteiger partial charge in [-0.25, -0.2) is 0 Å². The Morgan fingerprint density at radius 1 is 1.24 bits per heavy atom. The number of hydrogen-bond donors (Lipinski definition) is 0. The quantitative estimate of drug-likeness (QED) is 0.736. The highest BCUT2D eigenvalue weighted by molar-refractivity contribution is 5.79. The van der Waals surface area contributed by atoms with Crippen molar-refractivity contribution in [2.75, 3.05) is 0 Å². The largest absolute Gasteiger partial charge is 0.264 e. The van der Waals surface area contributed by atoms with Gasteiger partial charge in [0.15, 0.2) is 5.69 Å². The molecule has 1 aliphatic carbocycles. The Morgan fingerprint density at radius 3 is 2.90 bits per heavy atom. The zero-order valence-electron chi connectivity index (χ0n) is 11.5. The number of pyridine rings is 1. The van der Waals surface area contributed by atoms with Gasteiger partial charge in [0.25, 0.3) is 0 Å². The van der Waals surface area contributed by atoms with E-state index in [1.165, 1.54) is 18.4 Å². The monoisotopic (exact) mass is 274 g/mol. The van der Waals surface area contributed by atoms with Gasteiger partial charge in [-0.2, -0.15) is 10.4 Å². The maximum absolute atomic E-state index is 8.96. The van der Waals surface area contributed by atoms with E-state index < -0.39 is 0 Å². The molecule has 4 heteroatoms. The molecule has 21 heavy (non-hydrogen) atoms. The molecule has 0 aliphatic heterocycles. The first-order valence-corrected chi connectivity index (χ1v) is 7.15. The molecule has 2 heterocycles. The molecule has 1 atom stereocenters. The van der Waals surface area contributed by atoms with Crippen molar-refractivity contribution in [2.45, 2.75) is 18.9 Å². The maximum Gasteiger partial charge on any atom is 0.162 e. The van der Waals surface area contributed by atoms with Crippen LogP contribution in [0.4, 0.5) is 0 Å². The lowest BCUT2D eigenvalue weighted by atomic mass is 10.0. The lowest BCUT2D eigenvalue weighted by Crippen LogP contribution is -2.13. The Balaban J connectivity index is 1.80. The minimum atomic E-state index is 0.219. The van der Waals surface area contributed by atoms with Crippen molar-refractivity contribution in [1.82, 2.24) is 14.8 Å². The molecule has 4 rings (SSSR count). The molecule has 0 radical (unpaired) electrons. The number of nitrogens with zero attached hydrogens (tertiary/aromatic N) is 4. The average molecular weight is 274 g/mol. The van der Waals surface area contributed by atoms with Crippen LogP contribution in [-0.2, 0) is 0 Å². The SMILES string of the molecule is N#Cc1ccn(C(c2ccc3ncccc3c2)C2CC2)n1. The first kappa shape index (κ1) is 12.1. The fourth-order valence-corrected chi connectivity index (χ4v) is 2.88. The van der Waals surface area contributed by atoms with Gasteiger partial charge in [-0.3, -0.25) is 9.67 Å². The molecule has 3 aromatic rings. The predicted molar refractivity (Wildman–Crippen MR) is 79.5 cm³/mol. The van der Waals surface area contributed by atoms with E-state index in [9.17, 15) is 0 Å². The minimum Gasteiger partial charge on any atom is -0.264 e. The minimum absolute atomic E-state index is 0.219. The molecule has 0 N–H and O–H groups in total. The summed E-state index contributed by atoms with van der Waals surface area (Å²) in [5.74, 6) is 0.616. The molecule has 1 aliphatic rings. The highest BCUT2D eigenvalue weighted by Gasteiger charge is 2.34. The van der Waals surface area contributed by atoms with Gasteiger partial charge in [0, 0.05) is 17.8 Å². The molecule has 0 spiro atoms. The zero-order chi connectivity index (χ0) is 14.2. The molecule has 1 unspecified atom stereocenters. The Hall–Kier alpha value is -2.67. The number of aromatic nitrogens is 3. The van der Waals surface area contributed by atoms with E-state index in [-0.39, 0.29) is 6.04 Å². The van der Waals surface area contributed by atoms with Crippen LogP contribution >= 0.6 is 0 Å². The second kappa shape index (κ2) is 4.71. The van der Waals surface area contributed by atoms with Gasteiger partial charge in [-0.15, -0.1) is 0 Å². The number of benzene rings is 1. The molecule has 2 aromatic heterocycles. The number of rotatable bonds is 3. The Kier molecular flexibility index (Phi) is 2.71. The molecular formula is C17H14N4. The summed E-state index contributed by atoms with van der Waals surface area (Å²) in [6, 6.07) is 14.5. The van der Waals surface area contributed by atoms with Crippen LogP contribution in [0, 0.1) is 17.2 Å². The summed E-state index contributed by atoms with van der Waals surface area (Å²) in [5, 5.41) is 14.5. The van der Waals surface area contributed by atoms with Crippen LogP contribution < -0.4 is 0 Å². The van der Waals surface area contributed by atoms with E-state index in [4.69, 9.17) is 5.26 Å². The Bertz CT molecular complexity index is 839. The standard InChI is InChI=1S/C17H14N4/c18-11-15-7-9-21(20-15)17(12-3-4-12)14-5-6-16-13(10-14)2-1-8-19-16/h1-2,5-10,12,17H,3-4H2. The van der Waals surface area contributed by atoms with E-state index in [0.29, 0.717) is 11.6 Å². The highest BCUT2D eigenvalue weighted by atomic mass is 15.3. The van der Waals surface area contributed by atoms with Gasteiger partial charge in [-0.1, -0.05) is 12.1 Å². The Labute approximate surface area is 122 Å². The van der Waals surface area contributed by atoms with Gasteiger partial charge in [-0.05, 0) is 48.6 Å². The van der Waals surface area contributed by atoms with Gasteiger partial charge >= 0.3 is 0 Å². The van der Waals surface area contributed by atoms with Crippen molar-refractivity contribution in [3.63, 3.8) is 0 Å². The first-order valence-electron chi connectivity index (χ1n) is 7.15. The van der Waals surface area contributed by atoms with Gasteiger partial charge in [0.1, 0.15) is 6.07 Å². The van der Waals surface area contributed by atoms with Crippen molar-refractivity contribution < 1.29 is 0 Å². The molecule has 1 saturated carbocycles. The third kappa shape index (κ3) is 2.17. The van der Waals surface area contributed by atoms with Crippen molar-refractivity contribution in [3.8, 4) is 6.07 Å². The lowest BCUT2D eigenvalue weighted by molar-refractivity contribution is 0.470. The zero-order valence-corrected chi connectivity index (χ0v) is 11.5. The number of hydrogen-bond acceptors (Lipinski definition) is 3. The van der Waals surface area contributed by atoms with E-state index in [2.05, 4.69) is 40.4 Å². The van der Waals surface area contributed by atoms with Crippen LogP contribution in [0.3, 0.4) is 0 Å². The second-order valence-electron chi connectivity index (χ2n) is 5.53. The van der Waals surface area contributed by atoms with E-state index in [0.717, 1.165) is 10.9 Å². The van der Waals surface area contributed by atoms with Crippen molar-refractivity contribution in [2.24, 2.45) is 5.92 Å². The summed E-state index contributed by atoms with van der Waals surface area (Å²) in [4.78, 5) is 4.37. The van der Waals surface area contributed by atoms with Crippen LogP contribution in [0.5, 0.6) is 0 Å². The second-order valence-corrected chi connectivity index (χ2v) is 5.53. The van der Waals surface area contributed by atoms with Crippen LogP contribution in [0.2, 0.25) is 0 Å². The third-order valence-corrected chi connectivity index (χ3v) is 4.05. The van der Waals surface area contributed by atoms with Gasteiger partial charge in [0.05, 0.1) is 11.6 Å². The highest BCUT2D eigenvalue weighted by Crippen LogP contribution is 2.43. The molecule has 4 nitrogen and oxygen atoms in total. The normalized spacial score (nSPS) is 15.8. The van der Waals surface area contributed by atoms with Crippen LogP contribution in [-0.4, -0.2) is 14.8 Å². The van der Waals surface area contributed by atoms with E-state index >= 15 is 0 Å². The molecular weight excluding hydrogens is 260 g/mol. The van der Waals surface area contributed by atoms with Crippen LogP contribution in [0.1, 0.15) is 30.1 Å². The van der Waals surface area contributed by atoms with Crippen LogP contribution in [0.25, 0.3) is 10.9 Å². The molecule has 0 saturated heterocycles. The predicted octanol–water partition coefficient (Wildman–Crippen LogP) is 3.30.